The van der Waals surface area contributed by atoms with E-state index in [1.807, 2.05) is 0 Å². The zero-order valence-corrected chi connectivity index (χ0v) is 34.9. The van der Waals surface area contributed by atoms with Gasteiger partial charge in [0.25, 0.3) is 0 Å². The molecule has 0 spiro atoms. The highest BCUT2D eigenvalue weighted by molar-refractivity contribution is 7.20. The van der Waals surface area contributed by atoms with Crippen molar-refractivity contribution >= 4 is 28.0 Å². The normalized spacial score (nSPS) is 11.6. The Hall–Kier alpha value is -6.09. The van der Waals surface area contributed by atoms with Crippen molar-refractivity contribution in [1.29, 1.82) is 0 Å². The lowest BCUT2D eigenvalue weighted by Crippen LogP contribution is -2.81. The lowest BCUT2D eigenvalue weighted by Gasteiger charge is -2.44. The minimum atomic E-state index is -7.22. The van der Waals surface area contributed by atoms with E-state index in [2.05, 4.69) is 66.3 Å². The number of halogens is 20. The first-order valence-corrected chi connectivity index (χ1v) is 20.3. The molecule has 1 aromatic heterocycles. The Morgan fingerprint density at radius 1 is 0.309 bits per heavy atom. The Bertz CT molecular complexity index is 2420. The lowest BCUT2D eigenvalue weighted by atomic mass is 9.12. The molecular formula is C46H32BF20N. The molecule has 0 fully saturated rings. The number of hydrogen-bond acceptors (Lipinski definition) is 0. The van der Waals surface area contributed by atoms with E-state index < -0.39 is 144 Å². The fraction of sp³-hybridized carbons (Fsp3) is 0.239. The summed E-state index contributed by atoms with van der Waals surface area (Å²) >= 11 is 0. The first-order valence-electron chi connectivity index (χ1n) is 20.3. The standard InChI is InChI=1S/C24BF20.C22H32N/c26-5-1(6(27)14(35)21(42)13(5)34)25(2-7(28)15(36)22(43)16(37)8(2)29,3-9(30)17(38)23(44)18(39)10(3)31)4-11(32)19(40)24(45)20(41)12(4)33;1-2-3-4-5-6-7-8-10-13-21-16-18-23(19-17-21)20-22-14-11-9-12-15-22/h;9,11-12,14-19H,2-8,10,13,20H2,1H3/q-1;+1. The van der Waals surface area contributed by atoms with Crippen LogP contribution in [0.3, 0.4) is 0 Å². The highest BCUT2D eigenvalue weighted by Gasteiger charge is 2.52. The van der Waals surface area contributed by atoms with Crippen molar-refractivity contribution in [2.75, 3.05) is 0 Å². The molecule has 6 rings (SSSR count). The molecule has 0 aliphatic carbocycles. The van der Waals surface area contributed by atoms with Gasteiger partial charge in [0.05, 0.1) is 0 Å². The van der Waals surface area contributed by atoms with E-state index >= 15 is 35.1 Å². The third-order valence-corrected chi connectivity index (χ3v) is 11.2. The molecule has 5 aromatic carbocycles. The van der Waals surface area contributed by atoms with Gasteiger partial charge in [0, 0.05) is 17.7 Å². The van der Waals surface area contributed by atoms with Crippen LogP contribution in [0.4, 0.5) is 87.8 Å². The van der Waals surface area contributed by atoms with Gasteiger partial charge in [-0.2, -0.15) is 0 Å². The third kappa shape index (κ3) is 9.77. The van der Waals surface area contributed by atoms with E-state index in [-0.39, 0.29) is 0 Å². The van der Waals surface area contributed by atoms with E-state index in [4.69, 9.17) is 0 Å². The van der Waals surface area contributed by atoms with Crippen LogP contribution >= 0.6 is 0 Å². The number of pyridine rings is 1. The number of aromatic nitrogens is 1. The average Bonchev–Trinajstić information content (AvgIpc) is 3.33. The summed E-state index contributed by atoms with van der Waals surface area (Å²) in [6.45, 7) is 3.24. The first kappa shape index (κ1) is 52.9. The maximum absolute atomic E-state index is 15.4. The molecule has 0 atom stereocenters. The van der Waals surface area contributed by atoms with Gasteiger partial charge in [-0.15, -0.1) is 21.9 Å². The minimum Gasteiger partial charge on any atom is -0.207 e. The van der Waals surface area contributed by atoms with Gasteiger partial charge < -0.3 is 0 Å². The molecule has 0 N–H and O–H groups in total. The Morgan fingerprint density at radius 3 is 0.868 bits per heavy atom. The van der Waals surface area contributed by atoms with Gasteiger partial charge in [-0.25, -0.2) is 92.4 Å². The van der Waals surface area contributed by atoms with Crippen molar-refractivity contribution in [3.8, 4) is 0 Å². The van der Waals surface area contributed by atoms with Crippen molar-refractivity contribution in [2.45, 2.75) is 71.3 Å². The van der Waals surface area contributed by atoms with Crippen LogP contribution < -0.4 is 26.4 Å². The Balaban J connectivity index is 0.000000314. The summed E-state index contributed by atoms with van der Waals surface area (Å²) in [7, 11) is 0. The molecule has 0 saturated carbocycles. The number of rotatable bonds is 15. The van der Waals surface area contributed by atoms with Gasteiger partial charge in [-0.05, 0) is 18.4 Å². The summed E-state index contributed by atoms with van der Waals surface area (Å²) in [5, 5.41) is 0. The fourth-order valence-corrected chi connectivity index (χ4v) is 7.89. The van der Waals surface area contributed by atoms with Gasteiger partial charge in [-0.3, -0.25) is 0 Å². The summed E-state index contributed by atoms with van der Waals surface area (Å²) in [6.07, 6.45) is 9.59. The molecule has 0 aliphatic heterocycles. The second-order valence-corrected chi connectivity index (χ2v) is 15.4. The first-order chi connectivity index (χ1) is 32.1. The van der Waals surface area contributed by atoms with Crippen molar-refractivity contribution in [3.05, 3.63) is 182 Å². The number of benzene rings is 5. The molecule has 1 nitrogen and oxygen atoms in total. The molecule has 0 radical (unpaired) electrons. The zero-order valence-electron chi connectivity index (χ0n) is 34.9. The average molecular weight is 990 g/mol. The molecule has 0 saturated heterocycles. The van der Waals surface area contributed by atoms with Crippen molar-refractivity contribution < 1.29 is 92.4 Å². The molecule has 0 unspecified atom stereocenters. The maximum atomic E-state index is 15.4. The zero-order chi connectivity index (χ0) is 50.5. The van der Waals surface area contributed by atoms with Gasteiger partial charge >= 0.3 is 0 Å². The van der Waals surface area contributed by atoms with Crippen LogP contribution in [0, 0.1) is 116 Å². The van der Waals surface area contributed by atoms with Gasteiger partial charge in [0.2, 0.25) is 0 Å². The van der Waals surface area contributed by atoms with Gasteiger partial charge in [-0.1, -0.05) is 82.2 Å². The Labute approximate surface area is 373 Å². The van der Waals surface area contributed by atoms with Crippen LogP contribution in [0.25, 0.3) is 0 Å². The summed E-state index contributed by atoms with van der Waals surface area (Å²) in [6, 6.07) is 15.2. The highest BCUT2D eigenvalue weighted by atomic mass is 19.2. The highest BCUT2D eigenvalue weighted by Crippen LogP contribution is 2.31. The molecule has 0 aliphatic rings. The fourth-order valence-electron chi connectivity index (χ4n) is 7.89. The molecule has 1 heterocycles. The van der Waals surface area contributed by atoms with Crippen LogP contribution in [0.5, 0.6) is 0 Å². The van der Waals surface area contributed by atoms with E-state index in [0.717, 1.165) is 6.54 Å². The quantitative estimate of drug-likeness (QED) is 0.0241. The smallest absolute Gasteiger partial charge is 0.200 e. The Kier molecular flexibility index (Phi) is 17.0. The molecule has 0 bridgehead atoms. The minimum absolute atomic E-state index is 0.957. The molecular weight excluding hydrogens is 957 g/mol. The lowest BCUT2D eigenvalue weighted by molar-refractivity contribution is -0.688. The molecule has 22 heteroatoms. The second-order valence-electron chi connectivity index (χ2n) is 15.4. The summed E-state index contributed by atoms with van der Waals surface area (Å²) < 4.78 is 296. The SMILES string of the molecule is CCCCCCCCCCc1cc[n+](Cc2ccccc2)cc1.Fc1c(F)c(F)c([B-](c2c(F)c(F)c(F)c(F)c2F)(c2c(F)c(F)c(F)c(F)c2F)c2c(F)c(F)c(F)c(F)c2F)c(F)c1F. The van der Waals surface area contributed by atoms with Gasteiger partial charge in [0.1, 0.15) is 52.7 Å². The monoisotopic (exact) mass is 989 g/mol. The van der Waals surface area contributed by atoms with Crippen LogP contribution in [0.2, 0.25) is 0 Å². The molecule has 6 aromatic rings. The van der Waals surface area contributed by atoms with E-state index in [9.17, 15) is 52.7 Å². The van der Waals surface area contributed by atoms with Crippen LogP contribution in [-0.2, 0) is 13.0 Å². The summed E-state index contributed by atoms with van der Waals surface area (Å²) in [5.41, 5.74) is -11.5. The topological polar surface area (TPSA) is 3.88 Å². The largest absolute Gasteiger partial charge is 0.207 e. The van der Waals surface area contributed by atoms with Crippen LogP contribution in [-0.4, -0.2) is 6.15 Å². The molecule has 68 heavy (non-hydrogen) atoms. The molecule has 364 valence electrons. The number of unbranched alkanes of at least 4 members (excludes halogenated alkanes) is 7. The number of hydrogen-bond donors (Lipinski definition) is 0. The van der Waals surface area contributed by atoms with Gasteiger partial charge in [0.15, 0.2) is 88.7 Å². The van der Waals surface area contributed by atoms with Crippen LogP contribution in [0.15, 0.2) is 54.9 Å². The summed E-state index contributed by atoms with van der Waals surface area (Å²) in [4.78, 5) is 0. The van der Waals surface area contributed by atoms with Crippen molar-refractivity contribution in [1.82, 2.24) is 0 Å². The second kappa shape index (κ2) is 21.9. The van der Waals surface area contributed by atoms with Crippen LogP contribution in [0.1, 0.15) is 69.4 Å². The number of aryl methyl sites for hydroxylation is 1. The molecule has 0 amide bonds. The van der Waals surface area contributed by atoms with E-state index in [0.29, 0.717) is 0 Å². The Morgan fingerprint density at radius 2 is 0.574 bits per heavy atom. The van der Waals surface area contributed by atoms with Crippen molar-refractivity contribution in [2.24, 2.45) is 0 Å². The predicted octanol–water partition coefficient (Wildman–Crippen LogP) is 11.6. The maximum Gasteiger partial charge on any atom is 0.200 e. The summed E-state index contributed by atoms with van der Waals surface area (Å²) in [5.74, 6) is -71.4. The predicted molar refractivity (Wildman–Crippen MR) is 208 cm³/mol. The van der Waals surface area contributed by atoms with E-state index in [1.54, 1.807) is 0 Å². The number of nitrogens with zero attached hydrogens (tertiary/aromatic N) is 1. The third-order valence-electron chi connectivity index (χ3n) is 11.2. The van der Waals surface area contributed by atoms with E-state index in [1.165, 1.54) is 68.9 Å². The van der Waals surface area contributed by atoms with Crippen molar-refractivity contribution in [3.63, 3.8) is 0 Å².